The lowest BCUT2D eigenvalue weighted by Gasteiger charge is -2.19. The number of nitrogens with one attached hydrogen (secondary N) is 1. The number of nitrogens with zero attached hydrogens (tertiary/aromatic N) is 2. The van der Waals surface area contributed by atoms with Crippen LogP contribution in [0.5, 0.6) is 0 Å². The zero-order valence-electron chi connectivity index (χ0n) is 10.4. The van der Waals surface area contributed by atoms with Crippen molar-refractivity contribution in [3.63, 3.8) is 0 Å². The van der Waals surface area contributed by atoms with Crippen molar-refractivity contribution in [3.05, 3.63) is 18.3 Å². The van der Waals surface area contributed by atoms with E-state index in [1.165, 1.54) is 24.9 Å². The Hall–Kier alpha value is -1.25. The van der Waals surface area contributed by atoms with Crippen molar-refractivity contribution in [1.82, 2.24) is 4.98 Å². The molecule has 0 bridgehead atoms. The van der Waals surface area contributed by atoms with Gasteiger partial charge in [0, 0.05) is 38.1 Å². The highest BCUT2D eigenvalue weighted by Gasteiger charge is 2.23. The van der Waals surface area contributed by atoms with Crippen LogP contribution in [0.4, 0.5) is 11.5 Å². The second-order valence-corrected chi connectivity index (χ2v) is 4.95. The molecule has 1 aliphatic carbocycles. The molecule has 2 rings (SSSR count). The van der Waals surface area contributed by atoms with Crippen LogP contribution in [0.2, 0.25) is 0 Å². The van der Waals surface area contributed by atoms with Gasteiger partial charge in [-0.25, -0.2) is 4.98 Å². The van der Waals surface area contributed by atoms with Crippen molar-refractivity contribution in [1.29, 1.82) is 0 Å². The fraction of sp³-hybridized carbons (Fsp3) is 0.615. The lowest BCUT2D eigenvalue weighted by Crippen LogP contribution is -2.22. The fourth-order valence-corrected chi connectivity index (χ4v) is 2.33. The van der Waals surface area contributed by atoms with Crippen molar-refractivity contribution in [2.24, 2.45) is 5.92 Å². The Morgan fingerprint density at radius 3 is 2.81 bits per heavy atom. The van der Waals surface area contributed by atoms with Crippen LogP contribution >= 0.6 is 0 Å². The molecule has 1 fully saturated rings. The smallest absolute Gasteiger partial charge is 0.128 e. The van der Waals surface area contributed by atoms with Gasteiger partial charge in [0.15, 0.2) is 0 Å². The summed E-state index contributed by atoms with van der Waals surface area (Å²) in [5.74, 6) is 1.77. The molecule has 1 heterocycles. The average molecular weight is 219 g/mol. The minimum Gasteiger partial charge on any atom is -0.378 e. The van der Waals surface area contributed by atoms with E-state index in [1.54, 1.807) is 0 Å². The van der Waals surface area contributed by atoms with Gasteiger partial charge in [0.05, 0.1) is 0 Å². The van der Waals surface area contributed by atoms with E-state index in [9.17, 15) is 0 Å². The summed E-state index contributed by atoms with van der Waals surface area (Å²) in [5.41, 5.74) is 1.20. The molecule has 1 aliphatic rings. The van der Waals surface area contributed by atoms with Crippen molar-refractivity contribution in [3.8, 4) is 0 Å². The van der Waals surface area contributed by atoms with Gasteiger partial charge >= 0.3 is 0 Å². The van der Waals surface area contributed by atoms with Crippen LogP contribution in [0.1, 0.15) is 26.2 Å². The molecule has 88 valence electrons. The summed E-state index contributed by atoms with van der Waals surface area (Å²) < 4.78 is 0. The predicted molar refractivity (Wildman–Crippen MR) is 69.0 cm³/mol. The summed E-state index contributed by atoms with van der Waals surface area (Å²) in [6.45, 7) is 2.32. The third kappa shape index (κ3) is 2.46. The van der Waals surface area contributed by atoms with Gasteiger partial charge in [0.1, 0.15) is 5.82 Å². The highest BCUT2D eigenvalue weighted by molar-refractivity contribution is 5.53. The summed E-state index contributed by atoms with van der Waals surface area (Å²) in [5, 5.41) is 3.55. The van der Waals surface area contributed by atoms with Crippen LogP contribution < -0.4 is 10.2 Å². The molecule has 1 N–H and O–H groups in total. The quantitative estimate of drug-likeness (QED) is 0.847. The Bertz CT molecular complexity index is 349. The Morgan fingerprint density at radius 1 is 1.38 bits per heavy atom. The molecule has 0 aliphatic heterocycles. The number of aromatic nitrogens is 1. The lowest BCUT2D eigenvalue weighted by atomic mass is 10.1. The molecule has 1 saturated carbocycles. The lowest BCUT2D eigenvalue weighted by molar-refractivity contribution is 0.555. The summed E-state index contributed by atoms with van der Waals surface area (Å²) >= 11 is 0. The first-order valence-corrected chi connectivity index (χ1v) is 6.07. The molecule has 0 saturated heterocycles. The maximum absolute atomic E-state index is 4.38. The molecule has 1 aromatic rings. The van der Waals surface area contributed by atoms with E-state index in [0.29, 0.717) is 6.04 Å². The van der Waals surface area contributed by atoms with E-state index in [0.717, 1.165) is 11.7 Å². The second kappa shape index (κ2) is 4.73. The maximum atomic E-state index is 4.38. The Morgan fingerprint density at radius 2 is 2.19 bits per heavy atom. The average Bonchev–Trinajstić information content (AvgIpc) is 2.65. The van der Waals surface area contributed by atoms with Crippen LogP contribution in [0, 0.1) is 5.92 Å². The number of anilines is 2. The van der Waals surface area contributed by atoms with Gasteiger partial charge in [-0.05, 0) is 24.8 Å². The molecule has 2 atom stereocenters. The molecule has 0 amide bonds. The highest BCUT2D eigenvalue weighted by Crippen LogP contribution is 2.28. The van der Waals surface area contributed by atoms with Crippen molar-refractivity contribution in [2.45, 2.75) is 32.2 Å². The van der Waals surface area contributed by atoms with E-state index in [1.807, 2.05) is 12.3 Å². The standard InChI is InChI=1S/C13H21N3/c1-10-5-4-6-12(10)15-13-9-11(16(2)3)7-8-14-13/h7-10,12H,4-6H2,1-3H3,(H,14,15). The van der Waals surface area contributed by atoms with Crippen LogP contribution in [-0.2, 0) is 0 Å². The molecule has 2 unspecified atom stereocenters. The monoisotopic (exact) mass is 219 g/mol. The molecule has 0 spiro atoms. The molecular formula is C13H21N3. The summed E-state index contributed by atoms with van der Waals surface area (Å²) in [6.07, 6.45) is 5.82. The number of hydrogen-bond acceptors (Lipinski definition) is 3. The summed E-state index contributed by atoms with van der Waals surface area (Å²) in [6, 6.07) is 4.75. The first-order chi connectivity index (χ1) is 7.66. The minimum absolute atomic E-state index is 0.602. The topological polar surface area (TPSA) is 28.2 Å². The van der Waals surface area contributed by atoms with Crippen LogP contribution in [0.25, 0.3) is 0 Å². The van der Waals surface area contributed by atoms with E-state index < -0.39 is 0 Å². The van der Waals surface area contributed by atoms with E-state index in [2.05, 4.69) is 42.3 Å². The van der Waals surface area contributed by atoms with Gasteiger partial charge in [-0.3, -0.25) is 0 Å². The molecule has 1 aromatic heterocycles. The number of hydrogen-bond donors (Lipinski definition) is 1. The Labute approximate surface area is 97.9 Å². The van der Waals surface area contributed by atoms with E-state index >= 15 is 0 Å². The van der Waals surface area contributed by atoms with Gasteiger partial charge in [-0.1, -0.05) is 13.3 Å². The summed E-state index contributed by atoms with van der Waals surface area (Å²) in [4.78, 5) is 6.48. The van der Waals surface area contributed by atoms with Gasteiger partial charge in [0.25, 0.3) is 0 Å². The largest absolute Gasteiger partial charge is 0.378 e. The molecule has 0 aromatic carbocycles. The fourth-order valence-electron chi connectivity index (χ4n) is 2.33. The zero-order chi connectivity index (χ0) is 11.5. The first kappa shape index (κ1) is 11.2. The molecular weight excluding hydrogens is 198 g/mol. The van der Waals surface area contributed by atoms with Gasteiger partial charge in [-0.15, -0.1) is 0 Å². The maximum Gasteiger partial charge on any atom is 0.128 e. The Balaban J connectivity index is 2.06. The van der Waals surface area contributed by atoms with Crippen LogP contribution in [0.15, 0.2) is 18.3 Å². The van der Waals surface area contributed by atoms with Gasteiger partial charge in [0.2, 0.25) is 0 Å². The van der Waals surface area contributed by atoms with E-state index in [-0.39, 0.29) is 0 Å². The van der Waals surface area contributed by atoms with Crippen molar-refractivity contribution in [2.75, 3.05) is 24.3 Å². The predicted octanol–water partition coefficient (Wildman–Crippen LogP) is 2.75. The SMILES string of the molecule is CC1CCCC1Nc1cc(N(C)C)ccn1. The molecule has 3 nitrogen and oxygen atoms in total. The van der Waals surface area contributed by atoms with Crippen molar-refractivity contribution >= 4 is 11.5 Å². The van der Waals surface area contributed by atoms with Crippen LogP contribution in [-0.4, -0.2) is 25.1 Å². The minimum atomic E-state index is 0.602. The van der Waals surface area contributed by atoms with Crippen molar-refractivity contribution < 1.29 is 0 Å². The Kier molecular flexibility index (Phi) is 3.32. The highest BCUT2D eigenvalue weighted by atomic mass is 15.1. The second-order valence-electron chi connectivity index (χ2n) is 4.95. The number of pyridine rings is 1. The third-order valence-corrected chi connectivity index (χ3v) is 3.45. The molecule has 16 heavy (non-hydrogen) atoms. The first-order valence-electron chi connectivity index (χ1n) is 6.07. The molecule has 3 heteroatoms. The van der Waals surface area contributed by atoms with Crippen LogP contribution in [0.3, 0.4) is 0 Å². The molecule has 0 radical (unpaired) electrons. The van der Waals surface area contributed by atoms with E-state index in [4.69, 9.17) is 0 Å². The zero-order valence-corrected chi connectivity index (χ0v) is 10.4. The van der Waals surface area contributed by atoms with Gasteiger partial charge < -0.3 is 10.2 Å². The third-order valence-electron chi connectivity index (χ3n) is 3.45. The normalized spacial score (nSPS) is 24.4. The summed E-state index contributed by atoms with van der Waals surface area (Å²) in [7, 11) is 4.11. The number of rotatable bonds is 3. The van der Waals surface area contributed by atoms with Gasteiger partial charge in [-0.2, -0.15) is 0 Å².